The molecule has 94 valence electrons. The first kappa shape index (κ1) is 12.4. The van der Waals surface area contributed by atoms with Crippen molar-refractivity contribution < 1.29 is 0 Å². The average Bonchev–Trinajstić information content (AvgIpc) is 2.74. The summed E-state index contributed by atoms with van der Waals surface area (Å²) in [6.45, 7) is 8.77. The molecule has 2 rings (SSSR count). The highest BCUT2D eigenvalue weighted by Crippen LogP contribution is 2.27. The zero-order valence-corrected chi connectivity index (χ0v) is 10.9. The molecular formula is C14H28N2. The van der Waals surface area contributed by atoms with Gasteiger partial charge in [-0.1, -0.05) is 32.6 Å². The van der Waals surface area contributed by atoms with Crippen molar-refractivity contribution in [2.75, 3.05) is 32.7 Å². The van der Waals surface area contributed by atoms with Gasteiger partial charge in [0.25, 0.3) is 0 Å². The molecule has 0 aromatic carbocycles. The van der Waals surface area contributed by atoms with Gasteiger partial charge < -0.3 is 10.2 Å². The second-order valence-corrected chi connectivity index (χ2v) is 5.90. The molecule has 1 aliphatic carbocycles. The molecule has 2 aliphatic rings. The maximum atomic E-state index is 3.53. The van der Waals surface area contributed by atoms with Crippen LogP contribution in [0, 0.1) is 11.8 Å². The van der Waals surface area contributed by atoms with Crippen LogP contribution in [-0.2, 0) is 0 Å². The van der Waals surface area contributed by atoms with Gasteiger partial charge in [0.1, 0.15) is 0 Å². The normalized spacial score (nSPS) is 30.2. The van der Waals surface area contributed by atoms with Crippen LogP contribution in [0.15, 0.2) is 0 Å². The Morgan fingerprint density at radius 3 is 2.81 bits per heavy atom. The predicted molar refractivity (Wildman–Crippen MR) is 69.7 cm³/mol. The molecule has 2 nitrogen and oxygen atoms in total. The fourth-order valence-corrected chi connectivity index (χ4v) is 3.24. The summed E-state index contributed by atoms with van der Waals surface area (Å²) in [5.74, 6) is 1.88. The number of rotatable bonds is 3. The van der Waals surface area contributed by atoms with Crippen molar-refractivity contribution in [2.45, 2.75) is 45.4 Å². The molecule has 0 aromatic rings. The smallest absolute Gasteiger partial charge is 0.00192 e. The summed E-state index contributed by atoms with van der Waals surface area (Å²) in [6.07, 6.45) is 8.78. The van der Waals surface area contributed by atoms with Gasteiger partial charge in [-0.2, -0.15) is 0 Å². The SMILES string of the molecule is CC1CNCCCN(CCC2CCCC2)C1. The lowest BCUT2D eigenvalue weighted by Gasteiger charge is -2.29. The third-order valence-corrected chi connectivity index (χ3v) is 4.22. The molecule has 0 spiro atoms. The van der Waals surface area contributed by atoms with Gasteiger partial charge in [0.05, 0.1) is 0 Å². The third kappa shape index (κ3) is 4.06. The lowest BCUT2D eigenvalue weighted by atomic mass is 10.0. The standard InChI is InChI=1S/C14H28N2/c1-13-11-15-8-4-9-16(12-13)10-7-14-5-2-3-6-14/h13-15H,2-12H2,1H3. The average molecular weight is 224 g/mol. The predicted octanol–water partition coefficient (Wildman–Crippen LogP) is 2.50. The molecule has 1 heterocycles. The first-order valence-electron chi connectivity index (χ1n) is 7.27. The number of nitrogens with zero attached hydrogens (tertiary/aromatic N) is 1. The van der Waals surface area contributed by atoms with E-state index in [4.69, 9.17) is 0 Å². The van der Waals surface area contributed by atoms with E-state index in [1.807, 2.05) is 0 Å². The molecule has 16 heavy (non-hydrogen) atoms. The largest absolute Gasteiger partial charge is 0.316 e. The quantitative estimate of drug-likeness (QED) is 0.792. The van der Waals surface area contributed by atoms with Crippen LogP contribution in [0.1, 0.15) is 45.4 Å². The van der Waals surface area contributed by atoms with E-state index in [-0.39, 0.29) is 0 Å². The van der Waals surface area contributed by atoms with E-state index in [9.17, 15) is 0 Å². The Morgan fingerprint density at radius 2 is 2.00 bits per heavy atom. The lowest BCUT2D eigenvalue weighted by Crippen LogP contribution is -2.39. The monoisotopic (exact) mass is 224 g/mol. The van der Waals surface area contributed by atoms with Crippen molar-refractivity contribution in [3.05, 3.63) is 0 Å². The second kappa shape index (κ2) is 6.61. The van der Waals surface area contributed by atoms with Crippen LogP contribution in [0.2, 0.25) is 0 Å². The summed E-state index contributed by atoms with van der Waals surface area (Å²) in [4.78, 5) is 2.71. The molecule has 1 atom stereocenters. The highest BCUT2D eigenvalue weighted by atomic mass is 15.1. The zero-order valence-electron chi connectivity index (χ0n) is 10.9. The topological polar surface area (TPSA) is 15.3 Å². The highest BCUT2D eigenvalue weighted by molar-refractivity contribution is 4.73. The van der Waals surface area contributed by atoms with Gasteiger partial charge in [-0.25, -0.2) is 0 Å². The lowest BCUT2D eigenvalue weighted by molar-refractivity contribution is 0.203. The van der Waals surface area contributed by atoms with Gasteiger partial charge in [-0.05, 0) is 50.9 Å². The minimum Gasteiger partial charge on any atom is -0.316 e. The van der Waals surface area contributed by atoms with Crippen LogP contribution in [0.5, 0.6) is 0 Å². The van der Waals surface area contributed by atoms with Gasteiger partial charge in [0, 0.05) is 6.54 Å². The van der Waals surface area contributed by atoms with Crippen molar-refractivity contribution in [3.8, 4) is 0 Å². The van der Waals surface area contributed by atoms with E-state index in [2.05, 4.69) is 17.1 Å². The summed E-state index contributed by atoms with van der Waals surface area (Å²) in [6, 6.07) is 0. The molecule has 2 heteroatoms. The van der Waals surface area contributed by atoms with Crippen LogP contribution in [0.25, 0.3) is 0 Å². The number of hydrogen-bond donors (Lipinski definition) is 1. The molecule has 0 amide bonds. The Balaban J connectivity index is 1.68. The van der Waals surface area contributed by atoms with E-state index >= 15 is 0 Å². The van der Waals surface area contributed by atoms with Gasteiger partial charge in [-0.3, -0.25) is 0 Å². The maximum absolute atomic E-state index is 3.53. The fraction of sp³-hybridized carbons (Fsp3) is 1.00. The summed E-state index contributed by atoms with van der Waals surface area (Å²) in [5.41, 5.74) is 0. The maximum Gasteiger partial charge on any atom is 0.00192 e. The van der Waals surface area contributed by atoms with Crippen LogP contribution >= 0.6 is 0 Å². The third-order valence-electron chi connectivity index (χ3n) is 4.22. The number of hydrogen-bond acceptors (Lipinski definition) is 2. The van der Waals surface area contributed by atoms with Crippen molar-refractivity contribution in [3.63, 3.8) is 0 Å². The minimum atomic E-state index is 0.823. The van der Waals surface area contributed by atoms with Crippen LogP contribution in [-0.4, -0.2) is 37.6 Å². The Kier molecular flexibility index (Phi) is 5.11. The summed E-state index contributed by atoms with van der Waals surface area (Å²) in [5, 5.41) is 3.53. The van der Waals surface area contributed by atoms with Gasteiger partial charge in [0.2, 0.25) is 0 Å². The molecule has 1 aliphatic heterocycles. The molecule has 1 N–H and O–H groups in total. The zero-order chi connectivity index (χ0) is 11.2. The Labute approximate surface area is 101 Å². The molecule has 0 aromatic heterocycles. The highest BCUT2D eigenvalue weighted by Gasteiger charge is 2.18. The molecule has 2 fully saturated rings. The molecular weight excluding hydrogens is 196 g/mol. The van der Waals surface area contributed by atoms with E-state index in [1.54, 1.807) is 0 Å². The summed E-state index contributed by atoms with van der Waals surface area (Å²) < 4.78 is 0. The Bertz CT molecular complexity index is 187. The first-order chi connectivity index (χ1) is 7.84. The van der Waals surface area contributed by atoms with Crippen molar-refractivity contribution in [1.82, 2.24) is 10.2 Å². The minimum absolute atomic E-state index is 0.823. The Morgan fingerprint density at radius 1 is 1.19 bits per heavy atom. The second-order valence-electron chi connectivity index (χ2n) is 5.90. The van der Waals surface area contributed by atoms with Crippen molar-refractivity contribution in [1.29, 1.82) is 0 Å². The van der Waals surface area contributed by atoms with Crippen molar-refractivity contribution in [2.24, 2.45) is 11.8 Å². The summed E-state index contributed by atoms with van der Waals surface area (Å²) in [7, 11) is 0. The van der Waals surface area contributed by atoms with E-state index < -0.39 is 0 Å². The van der Waals surface area contributed by atoms with Crippen LogP contribution in [0.3, 0.4) is 0 Å². The van der Waals surface area contributed by atoms with E-state index in [1.165, 1.54) is 71.2 Å². The number of nitrogens with one attached hydrogen (secondary N) is 1. The van der Waals surface area contributed by atoms with Crippen LogP contribution < -0.4 is 5.32 Å². The molecule has 1 unspecified atom stereocenters. The molecule has 0 bridgehead atoms. The fourth-order valence-electron chi connectivity index (χ4n) is 3.24. The van der Waals surface area contributed by atoms with E-state index in [0.717, 1.165) is 11.8 Å². The van der Waals surface area contributed by atoms with Crippen LogP contribution in [0.4, 0.5) is 0 Å². The molecule has 1 saturated heterocycles. The van der Waals surface area contributed by atoms with Gasteiger partial charge in [-0.15, -0.1) is 0 Å². The van der Waals surface area contributed by atoms with Crippen molar-refractivity contribution >= 4 is 0 Å². The van der Waals surface area contributed by atoms with Gasteiger partial charge in [0.15, 0.2) is 0 Å². The first-order valence-corrected chi connectivity index (χ1v) is 7.27. The molecule has 1 saturated carbocycles. The van der Waals surface area contributed by atoms with Gasteiger partial charge >= 0.3 is 0 Å². The molecule has 0 radical (unpaired) electrons. The van der Waals surface area contributed by atoms with E-state index in [0.29, 0.717) is 0 Å². The Hall–Kier alpha value is -0.0800. The summed E-state index contributed by atoms with van der Waals surface area (Å²) >= 11 is 0.